The molecule has 0 radical (unpaired) electrons. The van der Waals surface area contributed by atoms with Gasteiger partial charge in [0.2, 0.25) is 15.9 Å². The molecule has 2 N–H and O–H groups in total. The van der Waals surface area contributed by atoms with Crippen molar-refractivity contribution in [3.05, 3.63) is 53.6 Å². The predicted molar refractivity (Wildman–Crippen MR) is 108 cm³/mol. The van der Waals surface area contributed by atoms with Crippen molar-refractivity contribution in [3.63, 3.8) is 0 Å². The third-order valence-corrected chi connectivity index (χ3v) is 6.56. The van der Waals surface area contributed by atoms with Crippen LogP contribution < -0.4 is 14.9 Å². The summed E-state index contributed by atoms with van der Waals surface area (Å²) in [5.41, 5.74) is 3.44. The van der Waals surface area contributed by atoms with Crippen LogP contribution in [0.2, 0.25) is 0 Å². The fourth-order valence-corrected chi connectivity index (χ4v) is 4.43. The molecule has 1 amide bonds. The van der Waals surface area contributed by atoms with E-state index in [2.05, 4.69) is 27.9 Å². The number of anilines is 2. The molecule has 1 aliphatic rings. The molecule has 27 heavy (non-hydrogen) atoms. The molecule has 0 spiro atoms. The number of hydrogen-bond acceptors (Lipinski definition) is 4. The lowest BCUT2D eigenvalue weighted by molar-refractivity contribution is -0.115. The lowest BCUT2D eigenvalue weighted by Gasteiger charge is -2.36. The summed E-state index contributed by atoms with van der Waals surface area (Å²) in [5.74, 6) is -0.171. The van der Waals surface area contributed by atoms with E-state index in [0.29, 0.717) is 11.3 Å². The van der Waals surface area contributed by atoms with Crippen molar-refractivity contribution in [2.24, 2.45) is 0 Å². The van der Waals surface area contributed by atoms with Gasteiger partial charge in [0.05, 0.1) is 11.4 Å². The first-order valence-electron chi connectivity index (χ1n) is 9.00. The van der Waals surface area contributed by atoms with Crippen LogP contribution in [0.15, 0.2) is 47.4 Å². The zero-order valence-corrected chi connectivity index (χ0v) is 16.6. The van der Waals surface area contributed by atoms with Crippen LogP contribution >= 0.6 is 0 Å². The van der Waals surface area contributed by atoms with Gasteiger partial charge in [0.25, 0.3) is 0 Å². The van der Waals surface area contributed by atoms with Crippen molar-refractivity contribution in [2.45, 2.75) is 37.6 Å². The molecule has 2 aromatic rings. The molecule has 1 atom stereocenters. The lowest BCUT2D eigenvalue weighted by atomic mass is 9.96. The van der Waals surface area contributed by atoms with E-state index in [0.717, 1.165) is 18.5 Å². The van der Waals surface area contributed by atoms with Gasteiger partial charge in [-0.2, -0.15) is 0 Å². The van der Waals surface area contributed by atoms with E-state index in [9.17, 15) is 13.2 Å². The zero-order valence-electron chi connectivity index (χ0n) is 15.8. The molecule has 0 saturated heterocycles. The number of hydrogen-bond donors (Lipinski definition) is 2. The minimum atomic E-state index is -3.57. The van der Waals surface area contributed by atoms with E-state index in [1.807, 2.05) is 18.2 Å². The summed E-state index contributed by atoms with van der Waals surface area (Å²) in [7, 11) is -2.20. The number of aryl methyl sites for hydroxylation is 2. The van der Waals surface area contributed by atoms with Crippen molar-refractivity contribution in [2.75, 3.05) is 23.8 Å². The monoisotopic (exact) mass is 387 g/mol. The molecule has 2 aromatic carbocycles. The minimum absolute atomic E-state index is 0.166. The summed E-state index contributed by atoms with van der Waals surface area (Å²) >= 11 is 0. The minimum Gasteiger partial charge on any atom is -0.359 e. The van der Waals surface area contributed by atoms with E-state index in [4.69, 9.17) is 0 Å². The third-order valence-electron chi connectivity index (χ3n) is 5.01. The molecule has 7 heteroatoms. The Labute approximate surface area is 160 Å². The standard InChI is InChI=1S/C20H25N3O3S/c1-14-8-11-17(12-19(14)27(25,26)21-3)22-20(24)13-23-15(2)9-10-16-6-4-5-7-18(16)23/h4-8,11-12,15,21H,9-10,13H2,1-3H3,(H,22,24)/t15-/m1/s1. The Bertz CT molecular complexity index is 957. The van der Waals surface area contributed by atoms with Crippen LogP contribution in [0.3, 0.4) is 0 Å². The topological polar surface area (TPSA) is 78.5 Å². The van der Waals surface area contributed by atoms with E-state index < -0.39 is 10.0 Å². The second-order valence-electron chi connectivity index (χ2n) is 6.88. The highest BCUT2D eigenvalue weighted by Crippen LogP contribution is 2.30. The van der Waals surface area contributed by atoms with Crippen molar-refractivity contribution >= 4 is 27.3 Å². The van der Waals surface area contributed by atoms with Crippen LogP contribution in [0.5, 0.6) is 0 Å². The Balaban J connectivity index is 1.78. The van der Waals surface area contributed by atoms with Gasteiger partial charge in [0.15, 0.2) is 0 Å². The Morgan fingerprint density at radius 3 is 2.70 bits per heavy atom. The predicted octanol–water partition coefficient (Wildman–Crippen LogP) is 2.68. The summed E-state index contributed by atoms with van der Waals surface area (Å²) in [6.07, 6.45) is 2.01. The fourth-order valence-electron chi connectivity index (χ4n) is 3.43. The van der Waals surface area contributed by atoms with Crippen LogP contribution in [0.1, 0.15) is 24.5 Å². The van der Waals surface area contributed by atoms with Crippen molar-refractivity contribution in [3.8, 4) is 0 Å². The Morgan fingerprint density at radius 2 is 1.96 bits per heavy atom. The highest BCUT2D eigenvalue weighted by Gasteiger charge is 2.24. The first-order chi connectivity index (χ1) is 12.8. The number of nitrogens with one attached hydrogen (secondary N) is 2. The molecule has 1 aliphatic heterocycles. The zero-order chi connectivity index (χ0) is 19.6. The van der Waals surface area contributed by atoms with Gasteiger partial charge in [-0.3, -0.25) is 4.79 Å². The van der Waals surface area contributed by atoms with Gasteiger partial charge in [-0.15, -0.1) is 0 Å². The summed E-state index contributed by atoms with van der Waals surface area (Å²) in [4.78, 5) is 14.9. The number of carbonyl (C=O) groups excluding carboxylic acids is 1. The molecule has 0 bridgehead atoms. The Kier molecular flexibility index (Phi) is 5.53. The molecule has 0 aromatic heterocycles. The molecular formula is C20H25N3O3S. The second-order valence-corrected chi connectivity index (χ2v) is 8.74. The normalized spacial score (nSPS) is 16.7. The van der Waals surface area contributed by atoms with E-state index in [1.54, 1.807) is 19.1 Å². The van der Waals surface area contributed by atoms with Gasteiger partial charge in [-0.05, 0) is 63.1 Å². The van der Waals surface area contributed by atoms with Gasteiger partial charge in [0, 0.05) is 17.4 Å². The van der Waals surface area contributed by atoms with E-state index in [-0.39, 0.29) is 23.4 Å². The maximum Gasteiger partial charge on any atom is 0.243 e. The molecule has 3 rings (SSSR count). The van der Waals surface area contributed by atoms with Crippen molar-refractivity contribution < 1.29 is 13.2 Å². The van der Waals surface area contributed by atoms with Gasteiger partial charge >= 0.3 is 0 Å². The maximum absolute atomic E-state index is 12.6. The number of carbonyl (C=O) groups is 1. The van der Waals surface area contributed by atoms with Crippen LogP contribution in [-0.4, -0.2) is 34.0 Å². The maximum atomic E-state index is 12.6. The highest BCUT2D eigenvalue weighted by atomic mass is 32.2. The lowest BCUT2D eigenvalue weighted by Crippen LogP contribution is -2.42. The number of rotatable bonds is 5. The average molecular weight is 388 g/mol. The van der Waals surface area contributed by atoms with Crippen LogP contribution in [0.4, 0.5) is 11.4 Å². The van der Waals surface area contributed by atoms with E-state index in [1.165, 1.54) is 18.7 Å². The molecule has 0 unspecified atom stereocenters. The largest absolute Gasteiger partial charge is 0.359 e. The summed E-state index contributed by atoms with van der Waals surface area (Å²) in [6.45, 7) is 4.06. The van der Waals surface area contributed by atoms with Gasteiger partial charge < -0.3 is 10.2 Å². The number of nitrogens with zero attached hydrogens (tertiary/aromatic N) is 1. The Morgan fingerprint density at radius 1 is 1.22 bits per heavy atom. The molecule has 144 valence electrons. The summed E-state index contributed by atoms with van der Waals surface area (Å²) in [5, 5.41) is 2.83. The SMILES string of the molecule is CNS(=O)(=O)c1cc(NC(=O)CN2c3ccccc3CC[C@H]2C)ccc1C. The van der Waals surface area contributed by atoms with Crippen LogP contribution in [0.25, 0.3) is 0 Å². The molecule has 6 nitrogen and oxygen atoms in total. The third kappa shape index (κ3) is 4.14. The first-order valence-corrected chi connectivity index (χ1v) is 10.5. The van der Waals surface area contributed by atoms with Gasteiger partial charge in [0.1, 0.15) is 0 Å². The number of benzene rings is 2. The average Bonchev–Trinajstić information content (AvgIpc) is 2.65. The molecule has 1 heterocycles. The molecule has 0 aliphatic carbocycles. The highest BCUT2D eigenvalue weighted by molar-refractivity contribution is 7.89. The number of amides is 1. The summed E-state index contributed by atoms with van der Waals surface area (Å²) < 4.78 is 26.6. The Hall–Kier alpha value is -2.38. The smallest absolute Gasteiger partial charge is 0.243 e. The quantitative estimate of drug-likeness (QED) is 0.827. The van der Waals surface area contributed by atoms with Crippen molar-refractivity contribution in [1.29, 1.82) is 0 Å². The van der Waals surface area contributed by atoms with E-state index >= 15 is 0 Å². The first kappa shape index (κ1) is 19.4. The summed E-state index contributed by atoms with van der Waals surface area (Å²) in [6, 6.07) is 13.3. The molecular weight excluding hydrogens is 362 g/mol. The molecule has 0 saturated carbocycles. The number of sulfonamides is 1. The number of para-hydroxylation sites is 1. The molecule has 0 fully saturated rings. The number of fused-ring (bicyclic) bond motifs is 1. The van der Waals surface area contributed by atoms with Crippen LogP contribution in [-0.2, 0) is 21.2 Å². The van der Waals surface area contributed by atoms with Gasteiger partial charge in [-0.25, -0.2) is 13.1 Å². The van der Waals surface area contributed by atoms with Crippen LogP contribution in [0, 0.1) is 6.92 Å². The van der Waals surface area contributed by atoms with Crippen molar-refractivity contribution in [1.82, 2.24) is 4.72 Å². The van der Waals surface area contributed by atoms with Gasteiger partial charge in [-0.1, -0.05) is 24.3 Å². The second kappa shape index (κ2) is 7.70. The fraction of sp³-hybridized carbons (Fsp3) is 0.350.